The lowest BCUT2D eigenvalue weighted by Crippen LogP contribution is -1.86. The van der Waals surface area contributed by atoms with Gasteiger partial charge in [0.25, 0.3) is 0 Å². The van der Waals surface area contributed by atoms with Crippen molar-refractivity contribution in [2.24, 2.45) is 0 Å². The fourth-order valence-electron chi connectivity index (χ4n) is 2.86. The molecule has 0 aliphatic heterocycles. The largest absolute Gasteiger partial charge is 0.261 e. The maximum atomic E-state index is 4.08. The normalized spacial score (nSPS) is 9.28. The van der Waals surface area contributed by atoms with Crippen molar-refractivity contribution in [2.75, 3.05) is 0 Å². The van der Waals surface area contributed by atoms with E-state index in [4.69, 9.17) is 0 Å². The summed E-state index contributed by atoms with van der Waals surface area (Å²) in [4.78, 5) is 24.0. The van der Waals surface area contributed by atoms with E-state index in [0.29, 0.717) is 0 Å². The highest BCUT2D eigenvalue weighted by molar-refractivity contribution is 7.11. The van der Waals surface area contributed by atoms with E-state index in [0.717, 1.165) is 55.6 Å². The van der Waals surface area contributed by atoms with Gasteiger partial charge in [-0.1, -0.05) is 12.1 Å². The fourth-order valence-corrected chi connectivity index (χ4v) is 3.45. The van der Waals surface area contributed by atoms with E-state index in [-0.39, 0.29) is 0 Å². The van der Waals surface area contributed by atoms with Crippen molar-refractivity contribution in [3.05, 3.63) is 140 Å². The second-order valence-corrected chi connectivity index (χ2v) is 12.1. The van der Waals surface area contributed by atoms with Crippen LogP contribution in [-0.2, 0) is 0 Å². The van der Waals surface area contributed by atoms with Crippen LogP contribution in [0.4, 0.5) is 0 Å². The minimum absolute atomic E-state index is 0.829. The molecule has 0 amide bonds. The molecule has 6 aromatic heterocycles. The van der Waals surface area contributed by atoms with Gasteiger partial charge in [0.1, 0.15) is 21.7 Å². The summed E-state index contributed by atoms with van der Waals surface area (Å²) in [6.07, 6.45) is 11.0. The van der Waals surface area contributed by atoms with Gasteiger partial charge >= 0.3 is 0 Å². The molecule has 0 saturated heterocycles. The second-order valence-electron chi connectivity index (χ2n) is 10.7. The zero-order chi connectivity index (χ0) is 35.2. The Kier molecular flexibility index (Phi) is 19.3. The molecule has 6 rings (SSSR count). The van der Waals surface area contributed by atoms with Crippen molar-refractivity contribution in [3.8, 4) is 0 Å². The van der Waals surface area contributed by atoms with Crippen molar-refractivity contribution in [1.82, 2.24) is 50.3 Å². The molecule has 11 heteroatoms. The van der Waals surface area contributed by atoms with Gasteiger partial charge in [-0.25, -0.2) is 19.9 Å². The molecule has 0 bridgehead atoms. The Morgan fingerprint density at radius 3 is 0.809 bits per heavy atom. The zero-order valence-electron chi connectivity index (χ0n) is 29.8. The Morgan fingerprint density at radius 2 is 0.617 bits per heavy atom. The summed E-state index contributed by atoms with van der Waals surface area (Å²) in [5, 5.41) is 17.3. The average molecular weight is 653 g/mol. The lowest BCUT2D eigenvalue weighted by atomic mass is 10.3. The summed E-state index contributed by atoms with van der Waals surface area (Å²) in [6.45, 7) is 23.5. The molecule has 0 N–H and O–H groups in total. The molecule has 6 aromatic rings. The van der Waals surface area contributed by atoms with Crippen LogP contribution in [-0.4, -0.2) is 50.3 Å². The molecule has 6 heterocycles. The summed E-state index contributed by atoms with van der Waals surface area (Å²) < 4.78 is 0. The molecule has 0 aliphatic carbocycles. The van der Waals surface area contributed by atoms with E-state index < -0.39 is 0 Å². The van der Waals surface area contributed by atoms with Gasteiger partial charge in [-0.15, -0.1) is 21.5 Å². The predicted molar refractivity (Wildman–Crippen MR) is 191 cm³/mol. The molecule has 0 aliphatic rings. The van der Waals surface area contributed by atoms with Crippen LogP contribution in [0.1, 0.15) is 66.7 Å². The Morgan fingerprint density at radius 1 is 0.319 bits per heavy atom. The molecule has 0 unspecified atom stereocenters. The van der Waals surface area contributed by atoms with Crippen LogP contribution >= 0.6 is 11.3 Å². The van der Waals surface area contributed by atoms with Crippen LogP contribution in [0.2, 0.25) is 0 Å². The third kappa shape index (κ3) is 21.5. The van der Waals surface area contributed by atoms with Gasteiger partial charge in [0, 0.05) is 48.6 Å². The van der Waals surface area contributed by atoms with Gasteiger partial charge in [-0.05, 0) is 130 Å². The van der Waals surface area contributed by atoms with Crippen LogP contribution < -0.4 is 0 Å². The standard InChI is InChI=1S/2C7H9N.3C6H8N2.C4H6N2S/c2*1-6-3-4-7(2)8-5-6;2*1-5-3-7-6(2)8-4-5;1-5-3-4-6(2)8-7-5;1-3-5-6-4(2)7-3/h2*3-5H,1-2H3;3*3-4H,1-2H3;1-2H3. The lowest BCUT2D eigenvalue weighted by Gasteiger charge is -1.89. The Labute approximate surface area is 284 Å². The molecule has 0 fully saturated rings. The molecule has 10 nitrogen and oxygen atoms in total. The number of aryl methyl sites for hydroxylation is 12. The highest BCUT2D eigenvalue weighted by Gasteiger charge is 1.88. The van der Waals surface area contributed by atoms with E-state index in [2.05, 4.69) is 62.4 Å². The van der Waals surface area contributed by atoms with Crippen LogP contribution in [0.25, 0.3) is 0 Å². The van der Waals surface area contributed by atoms with Crippen molar-refractivity contribution in [3.63, 3.8) is 0 Å². The summed E-state index contributed by atoms with van der Waals surface area (Å²) in [5.74, 6) is 1.66. The van der Waals surface area contributed by atoms with Crippen molar-refractivity contribution in [2.45, 2.75) is 83.1 Å². The third-order valence-electron chi connectivity index (χ3n) is 5.50. The van der Waals surface area contributed by atoms with E-state index in [1.54, 1.807) is 11.3 Å². The first-order chi connectivity index (χ1) is 22.2. The van der Waals surface area contributed by atoms with Crippen LogP contribution in [0.5, 0.6) is 0 Å². The Bertz CT molecular complexity index is 1280. The van der Waals surface area contributed by atoms with Gasteiger partial charge in [0.05, 0.1) is 11.4 Å². The maximum Gasteiger partial charge on any atom is 0.125 e. The number of nitrogens with zero attached hydrogens (tertiary/aromatic N) is 10. The molecular weight excluding hydrogens is 605 g/mol. The lowest BCUT2D eigenvalue weighted by molar-refractivity contribution is 0.941. The molecule has 47 heavy (non-hydrogen) atoms. The van der Waals surface area contributed by atoms with Crippen molar-refractivity contribution < 1.29 is 0 Å². The summed E-state index contributed by atoms with van der Waals surface area (Å²) in [6, 6.07) is 12.0. The molecule has 0 atom stereocenters. The highest BCUT2D eigenvalue weighted by Crippen LogP contribution is 2.04. The number of aromatic nitrogens is 10. The van der Waals surface area contributed by atoms with Gasteiger partial charge in [0.2, 0.25) is 0 Å². The van der Waals surface area contributed by atoms with Gasteiger partial charge < -0.3 is 0 Å². The second kappa shape index (κ2) is 22.6. The van der Waals surface area contributed by atoms with Gasteiger partial charge in [-0.3, -0.25) is 9.97 Å². The van der Waals surface area contributed by atoms with E-state index in [1.165, 1.54) is 11.1 Å². The number of pyridine rings is 2. The number of rotatable bonds is 0. The molecule has 248 valence electrons. The molecule has 0 aromatic carbocycles. The van der Waals surface area contributed by atoms with Crippen molar-refractivity contribution >= 4 is 11.3 Å². The number of hydrogen-bond donors (Lipinski definition) is 0. The monoisotopic (exact) mass is 652 g/mol. The first-order valence-corrected chi connectivity index (χ1v) is 15.9. The number of hydrogen-bond acceptors (Lipinski definition) is 11. The minimum Gasteiger partial charge on any atom is -0.261 e. The minimum atomic E-state index is 0.829. The SMILES string of the molecule is Cc1ccc(C)nc1.Cc1ccc(C)nc1.Cc1ccc(C)nn1.Cc1cnc(C)nc1.Cc1cnc(C)nc1.Cc1nnc(C)s1. The highest BCUT2D eigenvalue weighted by atomic mass is 32.1. The van der Waals surface area contributed by atoms with Gasteiger partial charge in [0.15, 0.2) is 0 Å². The first kappa shape index (κ1) is 40.1. The first-order valence-electron chi connectivity index (χ1n) is 15.1. The predicted octanol–water partition coefficient (Wildman–Crippen LogP) is 7.83. The van der Waals surface area contributed by atoms with E-state index in [9.17, 15) is 0 Å². The quantitative estimate of drug-likeness (QED) is 0.160. The van der Waals surface area contributed by atoms with Crippen LogP contribution in [0.15, 0.2) is 73.6 Å². The summed E-state index contributed by atoms with van der Waals surface area (Å²) >= 11 is 1.62. The third-order valence-corrected chi connectivity index (χ3v) is 6.25. The van der Waals surface area contributed by atoms with E-state index in [1.807, 2.05) is 145 Å². The van der Waals surface area contributed by atoms with E-state index >= 15 is 0 Å². The van der Waals surface area contributed by atoms with Crippen LogP contribution in [0.3, 0.4) is 0 Å². The molecular formula is C36H48N10S. The van der Waals surface area contributed by atoms with Crippen molar-refractivity contribution in [1.29, 1.82) is 0 Å². The smallest absolute Gasteiger partial charge is 0.125 e. The maximum absolute atomic E-state index is 4.08. The topological polar surface area (TPSA) is 129 Å². The average Bonchev–Trinajstić information content (AvgIpc) is 3.44. The van der Waals surface area contributed by atoms with Crippen LogP contribution in [0, 0.1) is 83.1 Å². The fraction of sp³-hybridized carbons (Fsp3) is 0.333. The zero-order valence-corrected chi connectivity index (χ0v) is 30.6. The Balaban J connectivity index is 0.000000282. The Hall–Kier alpha value is -4.90. The summed E-state index contributed by atoms with van der Waals surface area (Å²) in [5.41, 5.74) is 8.75. The van der Waals surface area contributed by atoms with Gasteiger partial charge in [-0.2, -0.15) is 10.2 Å². The summed E-state index contributed by atoms with van der Waals surface area (Å²) in [7, 11) is 0. The molecule has 0 saturated carbocycles. The molecule has 0 spiro atoms. The molecule has 0 radical (unpaired) electrons.